The van der Waals surface area contributed by atoms with E-state index < -0.39 is 26.4 Å². The number of carbonyl (C=O) groups is 1. The van der Waals surface area contributed by atoms with Crippen molar-refractivity contribution in [2.24, 2.45) is 11.8 Å². The Morgan fingerprint density at radius 3 is 2.31 bits per heavy atom. The van der Waals surface area contributed by atoms with Gasteiger partial charge in [-0.25, -0.2) is 13.2 Å². The predicted molar refractivity (Wildman–Crippen MR) is 120 cm³/mol. The molecule has 5 rings (SSSR count). The molecule has 2 unspecified atom stereocenters. The summed E-state index contributed by atoms with van der Waals surface area (Å²) in [6.45, 7) is 0. The summed E-state index contributed by atoms with van der Waals surface area (Å²) in [6.07, 6.45) is 3.28. The summed E-state index contributed by atoms with van der Waals surface area (Å²) in [5, 5.41) is 0. The minimum atomic E-state index is -4.43. The van der Waals surface area contributed by atoms with Crippen LogP contribution < -0.4 is 0 Å². The first-order chi connectivity index (χ1) is 12.0. The van der Waals surface area contributed by atoms with Gasteiger partial charge in [-0.3, -0.25) is 0 Å². The fourth-order valence-electron chi connectivity index (χ4n) is 5.46. The fourth-order valence-corrected chi connectivity index (χ4v) is 9.16. The van der Waals surface area contributed by atoms with E-state index >= 15 is 0 Å². The van der Waals surface area contributed by atoms with Crippen molar-refractivity contribution in [3.63, 3.8) is 0 Å². The molecule has 4 aliphatic rings. The largest absolute Gasteiger partial charge is 0.748 e. The van der Waals surface area contributed by atoms with Crippen LogP contribution >= 0.6 is 67.8 Å². The molecule has 1 aromatic rings. The first kappa shape index (κ1) is 20.1. The molecule has 0 amide bonds. The van der Waals surface area contributed by atoms with Crippen LogP contribution in [0.25, 0.3) is 0 Å². The van der Waals surface area contributed by atoms with Gasteiger partial charge in [-0.2, -0.15) is 0 Å². The van der Waals surface area contributed by atoms with Gasteiger partial charge in [0.15, 0.2) is 0 Å². The van der Waals surface area contributed by atoms with Gasteiger partial charge in [0.05, 0.1) is 10.3 Å². The van der Waals surface area contributed by atoms with E-state index in [1.807, 2.05) is 6.07 Å². The minimum absolute atomic E-state index is 0.155. The molecular weight excluding hydrogens is 697 g/mol. The quantitative estimate of drug-likeness (QED) is 0.202. The van der Waals surface area contributed by atoms with Gasteiger partial charge in [-0.15, -0.1) is 0 Å². The first-order valence-electron chi connectivity index (χ1n) is 8.36. The highest BCUT2D eigenvalue weighted by Crippen LogP contribution is 2.61. The summed E-state index contributed by atoms with van der Waals surface area (Å²) in [5.74, 6) is -0.1000. The molecule has 142 valence electrons. The van der Waals surface area contributed by atoms with Crippen LogP contribution in [0.2, 0.25) is 0 Å². The van der Waals surface area contributed by atoms with Crippen molar-refractivity contribution in [1.29, 1.82) is 0 Å². The van der Waals surface area contributed by atoms with Crippen LogP contribution in [0.5, 0.6) is 0 Å². The topological polar surface area (TPSA) is 83.5 Å². The van der Waals surface area contributed by atoms with Crippen LogP contribution in [0.3, 0.4) is 0 Å². The third kappa shape index (κ3) is 3.34. The molecule has 0 N–H and O–H groups in total. The normalized spacial score (nSPS) is 35.5. The molecule has 26 heavy (non-hydrogen) atoms. The highest BCUT2D eigenvalue weighted by Gasteiger charge is 2.62. The van der Waals surface area contributed by atoms with E-state index in [0.717, 1.165) is 17.1 Å². The number of carbonyl (C=O) groups excluding carboxylic acids is 1. The molecule has 5 nitrogen and oxygen atoms in total. The van der Waals surface area contributed by atoms with Crippen molar-refractivity contribution >= 4 is 83.9 Å². The lowest BCUT2D eigenvalue weighted by Crippen LogP contribution is -2.63. The molecule has 0 aromatic heterocycles. The summed E-state index contributed by atoms with van der Waals surface area (Å²) in [7, 11) is -4.43. The third-order valence-electron chi connectivity index (χ3n) is 6.01. The predicted octanol–water partition coefficient (Wildman–Crippen LogP) is 4.29. The Morgan fingerprint density at radius 2 is 1.73 bits per heavy atom. The molecule has 1 aromatic carbocycles. The Labute approximate surface area is 193 Å². The van der Waals surface area contributed by atoms with Crippen LogP contribution in [-0.2, 0) is 14.9 Å². The molecule has 0 radical (unpaired) electrons. The monoisotopic (exact) mass is 713 g/mol. The molecule has 4 saturated carbocycles. The first-order valence-corrected chi connectivity index (χ1v) is 13.0. The molecule has 4 fully saturated rings. The van der Waals surface area contributed by atoms with Crippen LogP contribution in [0.15, 0.2) is 12.1 Å². The van der Waals surface area contributed by atoms with Crippen molar-refractivity contribution < 1.29 is 22.5 Å². The van der Waals surface area contributed by atoms with Crippen molar-refractivity contribution in [3.05, 3.63) is 28.4 Å². The van der Waals surface area contributed by atoms with E-state index in [2.05, 4.69) is 67.8 Å². The number of ether oxygens (including phenoxy) is 1. The molecule has 0 aliphatic heterocycles. The summed E-state index contributed by atoms with van der Waals surface area (Å²) < 4.78 is 43.6. The number of rotatable bonds is 3. The van der Waals surface area contributed by atoms with Gasteiger partial charge >= 0.3 is 5.97 Å². The van der Waals surface area contributed by atoms with E-state index in [1.165, 1.54) is 0 Å². The van der Waals surface area contributed by atoms with Crippen molar-refractivity contribution in [2.75, 3.05) is 0 Å². The summed E-state index contributed by atoms with van der Waals surface area (Å²) in [6, 6.07) is 3.79. The van der Waals surface area contributed by atoms with Gasteiger partial charge in [0.25, 0.3) is 0 Å². The zero-order valence-corrected chi connectivity index (χ0v) is 20.9. The zero-order valence-electron chi connectivity index (χ0n) is 13.6. The molecule has 0 heterocycles. The lowest BCUT2D eigenvalue weighted by atomic mass is 9.53. The highest BCUT2D eigenvalue weighted by molar-refractivity contribution is 14.1. The molecule has 2 atom stereocenters. The lowest BCUT2D eigenvalue weighted by Gasteiger charge is -2.61. The second-order valence-corrected chi connectivity index (χ2v) is 13.2. The van der Waals surface area contributed by atoms with Gasteiger partial charge in [0.2, 0.25) is 0 Å². The van der Waals surface area contributed by atoms with Crippen LogP contribution in [-0.4, -0.2) is 29.3 Å². The fraction of sp³-hybridized carbons (Fsp3) is 0.588. The average molecular weight is 713 g/mol. The van der Waals surface area contributed by atoms with E-state index in [1.54, 1.807) is 6.07 Å². The SMILES string of the molecule is O=C(OC12CC3CC(C1)CC(S(=O)(=O)[O-])(C3)C2)c1cc(I)cc(I)c1I. The molecule has 4 bridgehead atoms. The standard InChI is InChI=1S/C17H17I3O5S/c18-11-2-12(14(20)13(19)3-11)15(21)25-16-4-9-1-10(5-16)7-17(6-9,8-16)26(22,23)24/h2-3,9-10H,1,4-8H2,(H,22,23,24)/p-1. The number of hydrogen-bond donors (Lipinski definition) is 0. The smallest absolute Gasteiger partial charge is 0.339 e. The van der Waals surface area contributed by atoms with Gasteiger partial charge < -0.3 is 9.29 Å². The Hall–Kier alpha value is 0.790. The number of benzene rings is 1. The Bertz CT molecular complexity index is 884. The van der Waals surface area contributed by atoms with Crippen molar-refractivity contribution in [2.45, 2.75) is 48.9 Å². The van der Waals surface area contributed by atoms with Gasteiger partial charge in [0.1, 0.15) is 15.7 Å². The number of hydrogen-bond acceptors (Lipinski definition) is 5. The molecule has 9 heteroatoms. The van der Waals surface area contributed by atoms with E-state index in [0.29, 0.717) is 31.2 Å². The third-order valence-corrected chi connectivity index (χ3v) is 11.2. The summed E-state index contributed by atoms with van der Waals surface area (Å²) in [5.41, 5.74) is -0.300. The highest BCUT2D eigenvalue weighted by atomic mass is 127. The number of halogens is 3. The van der Waals surface area contributed by atoms with Gasteiger partial charge in [-0.1, -0.05) is 0 Å². The maximum Gasteiger partial charge on any atom is 0.339 e. The van der Waals surface area contributed by atoms with E-state index in [4.69, 9.17) is 4.74 Å². The van der Waals surface area contributed by atoms with Gasteiger partial charge in [0, 0.05) is 17.1 Å². The van der Waals surface area contributed by atoms with Crippen molar-refractivity contribution in [3.8, 4) is 0 Å². The maximum absolute atomic E-state index is 12.9. The van der Waals surface area contributed by atoms with E-state index in [9.17, 15) is 17.8 Å². The Morgan fingerprint density at radius 1 is 1.12 bits per heavy atom. The Balaban J connectivity index is 1.67. The van der Waals surface area contributed by atoms with Crippen molar-refractivity contribution in [1.82, 2.24) is 0 Å². The lowest BCUT2D eigenvalue weighted by molar-refractivity contribution is -0.125. The Kier molecular flexibility index (Phi) is 5.14. The molecular formula is C17H16I3O5S-. The zero-order chi connectivity index (χ0) is 18.9. The molecule has 0 saturated heterocycles. The van der Waals surface area contributed by atoms with Gasteiger partial charge in [-0.05, 0) is 124 Å². The van der Waals surface area contributed by atoms with Crippen LogP contribution in [0, 0.1) is 22.5 Å². The molecule has 0 spiro atoms. The minimum Gasteiger partial charge on any atom is -0.748 e. The maximum atomic E-state index is 12.9. The molecule has 4 aliphatic carbocycles. The van der Waals surface area contributed by atoms with Crippen LogP contribution in [0.1, 0.15) is 48.9 Å². The second kappa shape index (κ2) is 6.66. The second-order valence-electron chi connectivity index (χ2n) is 7.92. The average Bonchev–Trinajstić information content (AvgIpc) is 2.47. The number of esters is 1. The van der Waals surface area contributed by atoms with Crippen LogP contribution in [0.4, 0.5) is 0 Å². The van der Waals surface area contributed by atoms with E-state index in [-0.39, 0.29) is 18.3 Å². The summed E-state index contributed by atoms with van der Waals surface area (Å²) in [4.78, 5) is 12.9. The summed E-state index contributed by atoms with van der Waals surface area (Å²) >= 11 is 6.49.